The molecule has 7 aromatic rings. The van der Waals surface area contributed by atoms with E-state index in [0.717, 1.165) is 28.2 Å². The normalized spacial score (nSPS) is 15.3. The summed E-state index contributed by atoms with van der Waals surface area (Å²) < 4.78 is 2.32. The maximum atomic E-state index is 5.53. The van der Waals surface area contributed by atoms with E-state index in [4.69, 9.17) is 9.97 Å². The van der Waals surface area contributed by atoms with Gasteiger partial charge in [-0.05, 0) is 51.2 Å². The van der Waals surface area contributed by atoms with Gasteiger partial charge in [0.25, 0.3) is 0 Å². The number of fused-ring (bicyclic) bond motifs is 9. The molecule has 0 N–H and O–H groups in total. The molecular formula is C39H31N3Si. The maximum absolute atomic E-state index is 5.53. The molecule has 5 aromatic carbocycles. The van der Waals surface area contributed by atoms with Crippen LogP contribution in [0.25, 0.3) is 61.3 Å². The summed E-state index contributed by atoms with van der Waals surface area (Å²) >= 11 is 0. The summed E-state index contributed by atoms with van der Waals surface area (Å²) in [5.74, 6) is 0.752. The van der Waals surface area contributed by atoms with Gasteiger partial charge in [-0.1, -0.05) is 124 Å². The molecule has 9 rings (SSSR count). The number of para-hydroxylation sites is 1. The summed E-state index contributed by atoms with van der Waals surface area (Å²) in [5, 5.41) is 5.14. The molecule has 3 heterocycles. The lowest BCUT2D eigenvalue weighted by Crippen LogP contribution is -2.51. The first-order chi connectivity index (χ1) is 20.9. The van der Waals surface area contributed by atoms with Crippen molar-refractivity contribution in [3.05, 3.63) is 126 Å². The predicted octanol–water partition coefficient (Wildman–Crippen LogP) is 8.35. The first-order valence-electron chi connectivity index (χ1n) is 15.1. The molecule has 0 amide bonds. The van der Waals surface area contributed by atoms with Gasteiger partial charge in [-0.15, -0.1) is 0 Å². The summed E-state index contributed by atoms with van der Waals surface area (Å²) in [7, 11) is -2.07. The highest BCUT2D eigenvalue weighted by atomic mass is 28.3. The molecule has 0 saturated heterocycles. The number of benzene rings is 5. The molecule has 0 spiro atoms. The van der Waals surface area contributed by atoms with Crippen LogP contribution in [0.2, 0.25) is 13.1 Å². The number of nitrogens with zero attached hydrogens (tertiary/aromatic N) is 3. The van der Waals surface area contributed by atoms with Crippen molar-refractivity contribution in [3.8, 4) is 39.5 Å². The molecule has 206 valence electrons. The summed E-state index contributed by atoms with van der Waals surface area (Å²) in [4.78, 5) is 11.0. The van der Waals surface area contributed by atoms with Crippen LogP contribution in [0.15, 0.2) is 115 Å². The fourth-order valence-electron chi connectivity index (χ4n) is 7.81. The van der Waals surface area contributed by atoms with Gasteiger partial charge in [-0.2, -0.15) is 0 Å². The van der Waals surface area contributed by atoms with Gasteiger partial charge in [0.1, 0.15) is 8.07 Å². The van der Waals surface area contributed by atoms with Crippen molar-refractivity contribution in [1.82, 2.24) is 14.5 Å². The van der Waals surface area contributed by atoms with Crippen molar-refractivity contribution >= 4 is 40.4 Å². The van der Waals surface area contributed by atoms with Gasteiger partial charge in [0.15, 0.2) is 0 Å². The highest BCUT2D eigenvalue weighted by molar-refractivity contribution is 7.03. The van der Waals surface area contributed by atoms with Gasteiger partial charge in [0.2, 0.25) is 5.95 Å². The van der Waals surface area contributed by atoms with Crippen LogP contribution in [0.3, 0.4) is 0 Å². The fourth-order valence-corrected chi connectivity index (χ4v) is 10.7. The Balaban J connectivity index is 1.41. The average Bonchev–Trinajstić information content (AvgIpc) is 3.57. The molecular weight excluding hydrogens is 539 g/mol. The van der Waals surface area contributed by atoms with Crippen LogP contribution in [-0.4, -0.2) is 22.6 Å². The summed E-state index contributed by atoms with van der Waals surface area (Å²) in [6.45, 7) is 9.56. The van der Waals surface area contributed by atoms with Crippen LogP contribution in [0, 0.1) is 0 Å². The highest BCUT2D eigenvalue weighted by Crippen LogP contribution is 2.51. The van der Waals surface area contributed by atoms with Gasteiger partial charge in [-0.3, -0.25) is 4.57 Å². The Kier molecular flexibility index (Phi) is 4.83. The SMILES string of the molecule is CC1(C)c2ccccc2-c2cc3c(cc21)c1ccccc1n3-c1nc(-c2ccccc2)c2c(n1)[Si](C)(C)c1ccccc1-2. The molecule has 43 heavy (non-hydrogen) atoms. The third kappa shape index (κ3) is 3.19. The van der Waals surface area contributed by atoms with Gasteiger partial charge in [0, 0.05) is 32.6 Å². The van der Waals surface area contributed by atoms with Crippen molar-refractivity contribution in [3.63, 3.8) is 0 Å². The molecule has 2 aromatic heterocycles. The lowest BCUT2D eigenvalue weighted by Gasteiger charge is -2.21. The molecule has 0 atom stereocenters. The molecule has 2 aliphatic rings. The maximum Gasteiger partial charge on any atom is 0.235 e. The Morgan fingerprint density at radius 1 is 0.605 bits per heavy atom. The lowest BCUT2D eigenvalue weighted by atomic mass is 9.82. The molecule has 0 unspecified atom stereocenters. The Morgan fingerprint density at radius 2 is 1.30 bits per heavy atom. The molecule has 0 bridgehead atoms. The van der Waals surface area contributed by atoms with Crippen LogP contribution >= 0.6 is 0 Å². The number of aromatic nitrogens is 3. The zero-order valence-corrected chi connectivity index (χ0v) is 25.8. The second-order valence-electron chi connectivity index (χ2n) is 13.1. The van der Waals surface area contributed by atoms with Crippen LogP contribution < -0.4 is 10.5 Å². The topological polar surface area (TPSA) is 30.7 Å². The molecule has 1 aliphatic heterocycles. The first kappa shape index (κ1) is 24.8. The van der Waals surface area contributed by atoms with Gasteiger partial charge >= 0.3 is 0 Å². The minimum Gasteiger partial charge on any atom is -0.278 e. The van der Waals surface area contributed by atoms with E-state index >= 15 is 0 Å². The zero-order chi connectivity index (χ0) is 29.1. The van der Waals surface area contributed by atoms with Crippen molar-refractivity contribution < 1.29 is 0 Å². The van der Waals surface area contributed by atoms with E-state index in [2.05, 4.69) is 147 Å². The highest BCUT2D eigenvalue weighted by Gasteiger charge is 2.42. The second-order valence-corrected chi connectivity index (χ2v) is 17.3. The third-order valence-corrected chi connectivity index (χ3v) is 13.3. The van der Waals surface area contributed by atoms with Crippen LogP contribution in [0.4, 0.5) is 0 Å². The fraction of sp³-hybridized carbons (Fsp3) is 0.128. The third-order valence-electron chi connectivity index (χ3n) is 9.98. The molecule has 0 radical (unpaired) electrons. The molecule has 0 fully saturated rings. The minimum absolute atomic E-state index is 0.0602. The number of rotatable bonds is 2. The predicted molar refractivity (Wildman–Crippen MR) is 182 cm³/mol. The lowest BCUT2D eigenvalue weighted by molar-refractivity contribution is 0.661. The van der Waals surface area contributed by atoms with E-state index < -0.39 is 8.07 Å². The Bertz CT molecular complexity index is 2290. The molecule has 4 heteroatoms. The van der Waals surface area contributed by atoms with Crippen LogP contribution in [0.1, 0.15) is 25.0 Å². The van der Waals surface area contributed by atoms with E-state index in [1.807, 2.05) is 0 Å². The second kappa shape index (κ2) is 8.39. The standard InChI is InChI=1S/C39H31N3Si/c1-39(2)30-19-11-8-16-25(30)28-23-33-29(22-31(28)39)26-17-9-12-20-32(26)42(33)38-40-36(24-14-6-5-7-15-24)35-27-18-10-13-21-34(27)43(3,4)37(35)41-38/h5-23H,1-4H3. The van der Waals surface area contributed by atoms with Crippen molar-refractivity contribution in [2.24, 2.45) is 0 Å². The van der Waals surface area contributed by atoms with Crippen LogP contribution in [0.5, 0.6) is 0 Å². The smallest absolute Gasteiger partial charge is 0.235 e. The van der Waals surface area contributed by atoms with Crippen molar-refractivity contribution in [1.29, 1.82) is 0 Å². The van der Waals surface area contributed by atoms with E-state index in [0.29, 0.717) is 0 Å². The van der Waals surface area contributed by atoms with E-state index in [1.54, 1.807) is 0 Å². The molecule has 1 aliphatic carbocycles. The van der Waals surface area contributed by atoms with E-state index in [-0.39, 0.29) is 5.41 Å². The summed E-state index contributed by atoms with van der Waals surface area (Å²) in [6, 6.07) is 42.0. The van der Waals surface area contributed by atoms with Gasteiger partial charge in [-0.25, -0.2) is 9.97 Å². The molecule has 3 nitrogen and oxygen atoms in total. The van der Waals surface area contributed by atoms with E-state index in [9.17, 15) is 0 Å². The summed E-state index contributed by atoms with van der Waals surface area (Å²) in [5.41, 5.74) is 12.3. The van der Waals surface area contributed by atoms with E-state index in [1.165, 1.54) is 54.7 Å². The Morgan fingerprint density at radius 3 is 2.14 bits per heavy atom. The minimum atomic E-state index is -2.07. The van der Waals surface area contributed by atoms with Gasteiger partial charge in [0.05, 0.1) is 16.7 Å². The number of hydrogen-bond acceptors (Lipinski definition) is 2. The quantitative estimate of drug-likeness (QED) is 0.196. The largest absolute Gasteiger partial charge is 0.278 e. The molecule has 0 saturated carbocycles. The first-order valence-corrected chi connectivity index (χ1v) is 18.1. The number of hydrogen-bond donors (Lipinski definition) is 0. The van der Waals surface area contributed by atoms with Gasteiger partial charge < -0.3 is 0 Å². The Hall–Kier alpha value is -4.80. The average molecular weight is 570 g/mol. The Labute approximate surface area is 252 Å². The van der Waals surface area contributed by atoms with Crippen molar-refractivity contribution in [2.75, 3.05) is 0 Å². The monoisotopic (exact) mass is 569 g/mol. The summed E-state index contributed by atoms with van der Waals surface area (Å²) in [6.07, 6.45) is 0. The zero-order valence-electron chi connectivity index (χ0n) is 24.8. The van der Waals surface area contributed by atoms with Crippen molar-refractivity contribution in [2.45, 2.75) is 32.4 Å². The van der Waals surface area contributed by atoms with Crippen LogP contribution in [-0.2, 0) is 5.41 Å².